The van der Waals surface area contributed by atoms with Crippen molar-refractivity contribution in [3.05, 3.63) is 23.8 Å². The summed E-state index contributed by atoms with van der Waals surface area (Å²) in [5.41, 5.74) is 6.74. The summed E-state index contributed by atoms with van der Waals surface area (Å²) in [5, 5.41) is 19.8. The highest BCUT2D eigenvalue weighted by Crippen LogP contribution is 2.29. The van der Waals surface area contributed by atoms with E-state index in [4.69, 9.17) is 10.5 Å². The van der Waals surface area contributed by atoms with Gasteiger partial charge in [-0.2, -0.15) is 0 Å². The Morgan fingerprint density at radius 3 is 2.40 bits per heavy atom. The smallest absolute Gasteiger partial charge is 0.160 e. The van der Waals surface area contributed by atoms with Crippen molar-refractivity contribution in [2.24, 2.45) is 17.6 Å². The second-order valence-corrected chi connectivity index (χ2v) is 8.16. The molecule has 0 aliphatic rings. The predicted octanol–water partition coefficient (Wildman–Crippen LogP) is 4.27. The Kier molecular flexibility index (Phi) is 9.30. The molecule has 0 unspecified atom stereocenters. The molecule has 1 aromatic rings. The van der Waals surface area contributed by atoms with E-state index in [0.29, 0.717) is 24.7 Å². The van der Waals surface area contributed by atoms with Gasteiger partial charge in [0.1, 0.15) is 0 Å². The number of ether oxygens (including phenoxy) is 1. The molecule has 0 saturated heterocycles. The lowest BCUT2D eigenvalue weighted by atomic mass is 9.85. The average molecular weight is 352 g/mol. The van der Waals surface area contributed by atoms with Gasteiger partial charge >= 0.3 is 0 Å². The Morgan fingerprint density at radius 2 is 1.84 bits per heavy atom. The van der Waals surface area contributed by atoms with Gasteiger partial charge in [-0.15, -0.1) is 0 Å². The number of aryl methyl sites for hydroxylation is 1. The number of rotatable bonds is 12. The number of hydrogen-bond donors (Lipinski definition) is 3. The van der Waals surface area contributed by atoms with Crippen LogP contribution in [0.5, 0.6) is 11.5 Å². The van der Waals surface area contributed by atoms with E-state index in [-0.39, 0.29) is 12.4 Å². The molecular weight excluding hydrogens is 314 g/mol. The molecule has 4 heteroatoms. The number of hydrogen-bond acceptors (Lipinski definition) is 4. The summed E-state index contributed by atoms with van der Waals surface area (Å²) in [6.07, 6.45) is 5.55. The fraction of sp³-hybridized carbons (Fsp3) is 0.714. The van der Waals surface area contributed by atoms with Crippen molar-refractivity contribution in [1.29, 1.82) is 0 Å². The molecule has 0 fully saturated rings. The number of nitrogens with two attached hydrogens (primary N) is 1. The van der Waals surface area contributed by atoms with Crippen LogP contribution in [0.1, 0.15) is 65.4 Å². The van der Waals surface area contributed by atoms with Crippen molar-refractivity contribution < 1.29 is 14.9 Å². The first kappa shape index (κ1) is 21.8. The molecule has 0 heterocycles. The van der Waals surface area contributed by atoms with Crippen LogP contribution in [0.25, 0.3) is 0 Å². The third-order valence-electron chi connectivity index (χ3n) is 4.50. The highest BCUT2D eigenvalue weighted by atomic mass is 16.5. The summed E-state index contributed by atoms with van der Waals surface area (Å²) in [4.78, 5) is 0. The molecule has 144 valence electrons. The number of benzene rings is 1. The van der Waals surface area contributed by atoms with Gasteiger partial charge in [-0.1, -0.05) is 40.2 Å². The van der Waals surface area contributed by atoms with Crippen molar-refractivity contribution in [1.82, 2.24) is 0 Å². The molecule has 0 bridgehead atoms. The number of unbranched alkanes of at least 4 members (excludes halogenated alkanes) is 1. The van der Waals surface area contributed by atoms with Crippen LogP contribution in [-0.4, -0.2) is 29.0 Å². The van der Waals surface area contributed by atoms with Crippen LogP contribution in [-0.2, 0) is 6.42 Å². The van der Waals surface area contributed by atoms with Gasteiger partial charge < -0.3 is 20.7 Å². The van der Waals surface area contributed by atoms with Gasteiger partial charge in [-0.3, -0.25) is 0 Å². The topological polar surface area (TPSA) is 75.7 Å². The van der Waals surface area contributed by atoms with E-state index >= 15 is 0 Å². The van der Waals surface area contributed by atoms with Gasteiger partial charge in [0.05, 0.1) is 13.2 Å². The molecule has 1 rings (SSSR count). The molecule has 4 nitrogen and oxygen atoms in total. The summed E-state index contributed by atoms with van der Waals surface area (Å²) in [6, 6.07) is 5.54. The Balaban J connectivity index is 2.49. The van der Waals surface area contributed by atoms with E-state index in [9.17, 15) is 10.2 Å². The molecule has 0 aliphatic carbocycles. The van der Waals surface area contributed by atoms with E-state index in [1.54, 1.807) is 6.07 Å². The molecule has 0 aromatic heterocycles. The molecule has 4 N–H and O–H groups in total. The van der Waals surface area contributed by atoms with Gasteiger partial charge in [0.25, 0.3) is 0 Å². The van der Waals surface area contributed by atoms with E-state index in [0.717, 1.165) is 37.2 Å². The summed E-state index contributed by atoms with van der Waals surface area (Å²) < 4.78 is 5.68. The summed E-state index contributed by atoms with van der Waals surface area (Å²) >= 11 is 0. The molecular formula is C21H37NO3. The Hall–Kier alpha value is -1.26. The average Bonchev–Trinajstić information content (AvgIpc) is 2.53. The zero-order valence-corrected chi connectivity index (χ0v) is 16.4. The highest BCUT2D eigenvalue weighted by Gasteiger charge is 2.25. The molecule has 1 aromatic carbocycles. The number of phenolic OH excluding ortho intramolecular Hbond substituents is 1. The molecule has 25 heavy (non-hydrogen) atoms. The van der Waals surface area contributed by atoms with Gasteiger partial charge in [0.2, 0.25) is 0 Å². The van der Waals surface area contributed by atoms with Crippen LogP contribution in [0.4, 0.5) is 0 Å². The minimum Gasteiger partial charge on any atom is -0.504 e. The quantitative estimate of drug-likeness (QED) is 0.492. The third kappa shape index (κ3) is 8.59. The van der Waals surface area contributed by atoms with Gasteiger partial charge in [0, 0.05) is 5.54 Å². The fourth-order valence-electron chi connectivity index (χ4n) is 3.13. The fourth-order valence-corrected chi connectivity index (χ4v) is 3.13. The largest absolute Gasteiger partial charge is 0.504 e. The summed E-state index contributed by atoms with van der Waals surface area (Å²) in [5.74, 6) is 1.88. The van der Waals surface area contributed by atoms with Crippen molar-refractivity contribution in [2.45, 2.75) is 71.8 Å². The first-order valence-corrected chi connectivity index (χ1v) is 9.60. The van der Waals surface area contributed by atoms with Crippen LogP contribution < -0.4 is 10.5 Å². The third-order valence-corrected chi connectivity index (χ3v) is 4.50. The van der Waals surface area contributed by atoms with Gasteiger partial charge in [-0.05, 0) is 61.6 Å². The normalized spacial score (nSPS) is 14.1. The van der Waals surface area contributed by atoms with E-state index in [1.165, 1.54) is 6.42 Å². The second-order valence-electron chi connectivity index (χ2n) is 8.16. The van der Waals surface area contributed by atoms with Crippen molar-refractivity contribution in [3.63, 3.8) is 0 Å². The maximum absolute atomic E-state index is 10.2. The first-order chi connectivity index (χ1) is 11.8. The minimum atomic E-state index is -0.560. The number of aliphatic hydroxyl groups is 1. The lowest BCUT2D eigenvalue weighted by Gasteiger charge is -2.29. The second kappa shape index (κ2) is 10.7. The predicted molar refractivity (Wildman–Crippen MR) is 104 cm³/mol. The van der Waals surface area contributed by atoms with E-state index in [1.807, 2.05) is 12.1 Å². The Morgan fingerprint density at radius 1 is 1.12 bits per heavy atom. The molecule has 0 amide bonds. The maximum atomic E-state index is 10.2. The van der Waals surface area contributed by atoms with Crippen LogP contribution in [0.2, 0.25) is 0 Å². The minimum absolute atomic E-state index is 0.0191. The lowest BCUT2D eigenvalue weighted by Crippen LogP contribution is -2.45. The monoisotopic (exact) mass is 351 g/mol. The molecule has 1 atom stereocenters. The number of phenols is 1. The van der Waals surface area contributed by atoms with E-state index < -0.39 is 5.54 Å². The van der Waals surface area contributed by atoms with E-state index in [2.05, 4.69) is 27.7 Å². The molecule has 0 saturated carbocycles. The summed E-state index contributed by atoms with van der Waals surface area (Å²) in [7, 11) is 0. The van der Waals surface area contributed by atoms with Crippen LogP contribution in [0, 0.1) is 11.8 Å². The van der Waals surface area contributed by atoms with Gasteiger partial charge in [0.15, 0.2) is 11.5 Å². The number of aliphatic hydroxyl groups excluding tert-OH is 1. The van der Waals surface area contributed by atoms with Gasteiger partial charge in [-0.25, -0.2) is 0 Å². The molecule has 0 radical (unpaired) electrons. The van der Waals surface area contributed by atoms with Crippen molar-refractivity contribution in [2.75, 3.05) is 13.2 Å². The molecule has 0 spiro atoms. The zero-order valence-electron chi connectivity index (χ0n) is 16.4. The Labute approximate surface area is 153 Å². The Bertz CT molecular complexity index is 502. The SMILES string of the molecule is CC(C)CCCCOc1ccc(CC[C@@](N)(CO)CC(C)C)cc1O. The van der Waals surface area contributed by atoms with Crippen molar-refractivity contribution in [3.8, 4) is 11.5 Å². The standard InChI is InChI=1S/C21H37NO3/c1-16(2)7-5-6-12-25-20-9-8-18(13-19(20)24)10-11-21(22,15-23)14-17(3)4/h8-9,13,16-17,23-24H,5-7,10-12,14-15,22H2,1-4H3/t21-/m0/s1. The highest BCUT2D eigenvalue weighted by molar-refractivity contribution is 5.41. The summed E-state index contributed by atoms with van der Waals surface area (Å²) in [6.45, 7) is 9.27. The van der Waals surface area contributed by atoms with Crippen LogP contribution >= 0.6 is 0 Å². The first-order valence-electron chi connectivity index (χ1n) is 9.60. The maximum Gasteiger partial charge on any atom is 0.160 e. The zero-order chi connectivity index (χ0) is 18.9. The van der Waals surface area contributed by atoms with Crippen LogP contribution in [0.3, 0.4) is 0 Å². The van der Waals surface area contributed by atoms with Crippen molar-refractivity contribution >= 4 is 0 Å². The number of aromatic hydroxyl groups is 1. The molecule has 0 aliphatic heterocycles. The van der Waals surface area contributed by atoms with Crippen LogP contribution in [0.15, 0.2) is 18.2 Å². The lowest BCUT2D eigenvalue weighted by molar-refractivity contribution is 0.165.